The van der Waals surface area contributed by atoms with Gasteiger partial charge in [-0.1, -0.05) is 0 Å². The first-order valence-corrected chi connectivity index (χ1v) is 8.36. The molecule has 8 heteroatoms. The van der Waals surface area contributed by atoms with Crippen LogP contribution in [0.1, 0.15) is 13.3 Å². The average Bonchev–Trinajstić information content (AvgIpc) is 2.53. The summed E-state index contributed by atoms with van der Waals surface area (Å²) in [6.45, 7) is 5.73. The molecule has 1 saturated heterocycles. The molecule has 2 rings (SSSR count). The van der Waals surface area contributed by atoms with E-state index < -0.39 is 9.84 Å². The van der Waals surface area contributed by atoms with Gasteiger partial charge in [0.2, 0.25) is 0 Å². The van der Waals surface area contributed by atoms with Crippen LogP contribution in [-0.4, -0.2) is 50.6 Å². The predicted molar refractivity (Wildman–Crippen MR) is 75.1 cm³/mol. The van der Waals surface area contributed by atoms with Crippen LogP contribution >= 0.6 is 0 Å². The lowest BCUT2D eigenvalue weighted by atomic mass is 10.4. The van der Waals surface area contributed by atoms with Gasteiger partial charge in [0, 0.05) is 32.4 Å². The molecule has 19 heavy (non-hydrogen) atoms. The van der Waals surface area contributed by atoms with Crippen molar-refractivity contribution in [2.75, 3.05) is 43.1 Å². The van der Waals surface area contributed by atoms with Crippen LogP contribution in [0.3, 0.4) is 0 Å². The van der Waals surface area contributed by atoms with Crippen molar-refractivity contribution >= 4 is 21.5 Å². The Morgan fingerprint density at radius 3 is 2.74 bits per heavy atom. The van der Waals surface area contributed by atoms with Crippen LogP contribution in [0.25, 0.3) is 0 Å². The molecule has 0 saturated carbocycles. The Hall–Kier alpha value is -1.28. The third kappa shape index (κ3) is 2.84. The van der Waals surface area contributed by atoms with Crippen molar-refractivity contribution in [1.29, 1.82) is 0 Å². The minimum Gasteiger partial charge on any atom is -0.383 e. The van der Waals surface area contributed by atoms with Crippen LogP contribution in [0, 0.1) is 0 Å². The molecule has 0 aromatic carbocycles. The van der Waals surface area contributed by atoms with Gasteiger partial charge < -0.3 is 16.0 Å². The quantitative estimate of drug-likeness (QED) is 0.792. The molecule has 1 aliphatic heterocycles. The third-order valence-corrected chi connectivity index (χ3v) is 4.37. The maximum absolute atomic E-state index is 12.0. The molecular weight excluding hydrogens is 266 g/mol. The average molecular weight is 287 g/mol. The van der Waals surface area contributed by atoms with Gasteiger partial charge in [0.05, 0.1) is 0 Å². The van der Waals surface area contributed by atoms with E-state index in [2.05, 4.69) is 10.4 Å². The lowest BCUT2D eigenvalue weighted by molar-refractivity contribution is 0.601. The molecule has 0 bridgehead atoms. The number of rotatable bonds is 3. The minimum absolute atomic E-state index is 0.163. The van der Waals surface area contributed by atoms with E-state index in [1.807, 2.05) is 11.8 Å². The van der Waals surface area contributed by atoms with E-state index in [0.29, 0.717) is 12.4 Å². The highest BCUT2D eigenvalue weighted by molar-refractivity contribution is 7.91. The molecule has 0 radical (unpaired) electrons. The van der Waals surface area contributed by atoms with E-state index in [-0.39, 0.29) is 10.7 Å². The van der Waals surface area contributed by atoms with Crippen molar-refractivity contribution in [2.45, 2.75) is 24.8 Å². The summed E-state index contributed by atoms with van der Waals surface area (Å²) in [4.78, 5) is 2.16. The zero-order valence-corrected chi connectivity index (χ0v) is 12.2. The van der Waals surface area contributed by atoms with Gasteiger partial charge in [0.25, 0.3) is 0 Å². The molecular formula is C11H21N5O2S. The highest BCUT2D eigenvalue weighted by Crippen LogP contribution is 2.30. The van der Waals surface area contributed by atoms with Gasteiger partial charge >= 0.3 is 0 Å². The number of nitrogens with one attached hydrogen (secondary N) is 1. The van der Waals surface area contributed by atoms with Gasteiger partial charge in [0.15, 0.2) is 20.6 Å². The number of sulfone groups is 1. The van der Waals surface area contributed by atoms with Crippen molar-refractivity contribution < 1.29 is 8.42 Å². The van der Waals surface area contributed by atoms with E-state index in [1.165, 1.54) is 6.26 Å². The second-order valence-electron chi connectivity index (χ2n) is 4.72. The van der Waals surface area contributed by atoms with Crippen molar-refractivity contribution in [3.8, 4) is 0 Å². The largest absolute Gasteiger partial charge is 0.383 e. The van der Waals surface area contributed by atoms with Gasteiger partial charge in [-0.05, 0) is 19.9 Å². The Morgan fingerprint density at radius 2 is 2.11 bits per heavy atom. The summed E-state index contributed by atoms with van der Waals surface area (Å²) in [7, 11) is -3.39. The van der Waals surface area contributed by atoms with Crippen molar-refractivity contribution in [3.63, 3.8) is 0 Å². The van der Waals surface area contributed by atoms with Gasteiger partial charge in [0.1, 0.15) is 5.82 Å². The molecule has 2 heterocycles. The number of aryl methyl sites for hydroxylation is 1. The van der Waals surface area contributed by atoms with Crippen LogP contribution < -0.4 is 16.0 Å². The monoisotopic (exact) mass is 287 g/mol. The zero-order chi connectivity index (χ0) is 14.0. The molecule has 1 aliphatic rings. The first-order chi connectivity index (χ1) is 8.95. The molecule has 3 N–H and O–H groups in total. The molecule has 0 aliphatic carbocycles. The van der Waals surface area contributed by atoms with Crippen LogP contribution in [-0.2, 0) is 16.4 Å². The Morgan fingerprint density at radius 1 is 1.37 bits per heavy atom. The second-order valence-corrected chi connectivity index (χ2v) is 6.67. The summed E-state index contributed by atoms with van der Waals surface area (Å²) >= 11 is 0. The number of hydrogen-bond donors (Lipinski definition) is 2. The topological polar surface area (TPSA) is 93.2 Å². The zero-order valence-electron chi connectivity index (χ0n) is 11.4. The van der Waals surface area contributed by atoms with Crippen LogP contribution in [0.2, 0.25) is 0 Å². The van der Waals surface area contributed by atoms with E-state index in [9.17, 15) is 8.42 Å². The maximum atomic E-state index is 12.0. The lowest BCUT2D eigenvalue weighted by Crippen LogP contribution is -2.29. The normalized spacial score (nSPS) is 17.5. The number of hydrogen-bond acceptors (Lipinski definition) is 6. The fourth-order valence-corrected chi connectivity index (χ4v) is 3.29. The highest BCUT2D eigenvalue weighted by atomic mass is 32.2. The van der Waals surface area contributed by atoms with Gasteiger partial charge in [-0.15, -0.1) is 0 Å². The van der Waals surface area contributed by atoms with Gasteiger partial charge in [-0.25, -0.2) is 13.1 Å². The van der Waals surface area contributed by atoms with E-state index in [0.717, 1.165) is 32.6 Å². The maximum Gasteiger partial charge on any atom is 0.182 e. The summed E-state index contributed by atoms with van der Waals surface area (Å²) in [6.07, 6.45) is 2.14. The SMILES string of the molecule is CCn1nc(N2CCCNCC2)c(S(C)(=O)=O)c1N. The molecule has 7 nitrogen and oxygen atoms in total. The Kier molecular flexibility index (Phi) is 4.00. The fraction of sp³-hybridized carbons (Fsp3) is 0.727. The molecule has 1 aromatic rings. The summed E-state index contributed by atoms with van der Waals surface area (Å²) < 4.78 is 25.5. The summed E-state index contributed by atoms with van der Waals surface area (Å²) in [6, 6.07) is 0. The number of nitrogen functional groups attached to an aromatic ring is 1. The molecule has 1 fully saturated rings. The van der Waals surface area contributed by atoms with Crippen molar-refractivity contribution in [3.05, 3.63) is 0 Å². The molecule has 0 unspecified atom stereocenters. The first kappa shape index (κ1) is 14.1. The third-order valence-electron chi connectivity index (χ3n) is 3.24. The number of nitrogens with zero attached hydrogens (tertiary/aromatic N) is 3. The second kappa shape index (κ2) is 5.38. The van der Waals surface area contributed by atoms with Crippen LogP contribution in [0.5, 0.6) is 0 Å². The summed E-state index contributed by atoms with van der Waals surface area (Å²) in [5.74, 6) is 0.725. The Labute approximate surface area is 113 Å². The van der Waals surface area contributed by atoms with Crippen LogP contribution in [0.15, 0.2) is 4.90 Å². The highest BCUT2D eigenvalue weighted by Gasteiger charge is 2.27. The molecule has 0 atom stereocenters. The predicted octanol–water partition coefficient (Wildman–Crippen LogP) is -0.312. The van der Waals surface area contributed by atoms with E-state index >= 15 is 0 Å². The molecule has 0 spiro atoms. The number of anilines is 2. The molecule has 1 aromatic heterocycles. The fourth-order valence-electron chi connectivity index (χ4n) is 2.31. The smallest absolute Gasteiger partial charge is 0.182 e. The molecule has 108 valence electrons. The van der Waals surface area contributed by atoms with Crippen molar-refractivity contribution in [2.24, 2.45) is 0 Å². The number of aromatic nitrogens is 2. The Balaban J connectivity index is 2.49. The van der Waals surface area contributed by atoms with E-state index in [1.54, 1.807) is 4.68 Å². The summed E-state index contributed by atoms with van der Waals surface area (Å²) in [5, 5.41) is 7.65. The van der Waals surface area contributed by atoms with E-state index in [4.69, 9.17) is 5.73 Å². The minimum atomic E-state index is -3.39. The summed E-state index contributed by atoms with van der Waals surface area (Å²) in [5.41, 5.74) is 5.93. The molecule has 0 amide bonds. The lowest BCUT2D eigenvalue weighted by Gasteiger charge is -2.20. The van der Waals surface area contributed by atoms with Gasteiger partial charge in [-0.2, -0.15) is 5.10 Å². The first-order valence-electron chi connectivity index (χ1n) is 6.47. The van der Waals surface area contributed by atoms with Crippen LogP contribution in [0.4, 0.5) is 11.6 Å². The van der Waals surface area contributed by atoms with Gasteiger partial charge in [-0.3, -0.25) is 0 Å². The Bertz CT molecular complexity index is 544. The van der Waals surface area contributed by atoms with Crippen molar-refractivity contribution in [1.82, 2.24) is 15.1 Å². The standard InChI is InChI=1S/C11H21N5O2S/c1-3-16-10(12)9(19(2,17)18)11(14-16)15-7-4-5-13-6-8-15/h13H,3-8,12H2,1-2H3. The number of nitrogens with two attached hydrogens (primary N) is 1.